The predicted octanol–water partition coefficient (Wildman–Crippen LogP) is 9.84. The molecule has 4 aromatic carbocycles. The molecule has 14 heteroatoms. The number of ether oxygens (including phenoxy) is 1. The summed E-state index contributed by atoms with van der Waals surface area (Å²) >= 11 is 19.1. The van der Waals surface area contributed by atoms with Gasteiger partial charge in [0.1, 0.15) is 11.5 Å². The van der Waals surface area contributed by atoms with Gasteiger partial charge in [-0.2, -0.15) is 0 Å². The number of alkyl halides is 3. The van der Waals surface area contributed by atoms with Crippen LogP contribution in [-0.2, 0) is 31.0 Å². The van der Waals surface area contributed by atoms with E-state index < -0.39 is 11.9 Å². The van der Waals surface area contributed by atoms with Gasteiger partial charge in [0, 0.05) is 108 Å². The highest BCUT2D eigenvalue weighted by Gasteiger charge is 2.38. The van der Waals surface area contributed by atoms with Crippen molar-refractivity contribution in [3.63, 3.8) is 0 Å². The zero-order valence-corrected chi connectivity index (χ0v) is 34.3. The quantitative estimate of drug-likeness (QED) is 0.0906. The maximum absolute atomic E-state index is 13.9. The molecule has 3 heterocycles. The van der Waals surface area contributed by atoms with Crippen molar-refractivity contribution in [3.05, 3.63) is 117 Å². The maximum atomic E-state index is 13.9. The molecule has 2 aliphatic rings. The van der Waals surface area contributed by atoms with Gasteiger partial charge in [-0.3, -0.25) is 14.6 Å². The Labute approximate surface area is 351 Å². The third-order valence-corrected chi connectivity index (χ3v) is 12.3. The topological polar surface area (TPSA) is 82.0 Å². The van der Waals surface area contributed by atoms with Crippen molar-refractivity contribution in [3.8, 4) is 22.6 Å². The molecule has 0 spiro atoms. The number of benzene rings is 4. The van der Waals surface area contributed by atoms with E-state index in [1.165, 1.54) is 12.1 Å². The third-order valence-electron chi connectivity index (χ3n) is 11.4. The van der Waals surface area contributed by atoms with Crippen LogP contribution in [0.15, 0.2) is 85.1 Å². The van der Waals surface area contributed by atoms with E-state index in [0.29, 0.717) is 65.9 Å². The minimum absolute atomic E-state index is 0.138. The number of phenolic OH excluding ortho intramolecular Hbond substituents is 1. The van der Waals surface area contributed by atoms with Crippen molar-refractivity contribution < 1.29 is 27.8 Å². The average molecular weight is 857 g/mol. The lowest BCUT2D eigenvalue weighted by atomic mass is 9.82. The van der Waals surface area contributed by atoms with Crippen LogP contribution in [0.5, 0.6) is 11.5 Å². The van der Waals surface area contributed by atoms with E-state index in [0.717, 1.165) is 85.4 Å². The Kier molecular flexibility index (Phi) is 13.6. The van der Waals surface area contributed by atoms with Crippen molar-refractivity contribution in [2.45, 2.75) is 70.2 Å². The molecule has 2 aliphatic heterocycles. The van der Waals surface area contributed by atoms with Crippen LogP contribution in [-0.4, -0.2) is 76.4 Å². The highest BCUT2D eigenvalue weighted by atomic mass is 35.5. The van der Waals surface area contributed by atoms with Crippen LogP contribution in [0.4, 0.5) is 13.2 Å². The summed E-state index contributed by atoms with van der Waals surface area (Å²) in [6.45, 7) is 7.39. The third kappa shape index (κ3) is 10.5. The van der Waals surface area contributed by atoms with Crippen LogP contribution in [0.1, 0.15) is 48.8 Å². The molecule has 1 aromatic heterocycles. The van der Waals surface area contributed by atoms with Crippen molar-refractivity contribution in [1.82, 2.24) is 25.0 Å². The molecule has 0 bridgehead atoms. The Morgan fingerprint density at radius 1 is 0.862 bits per heavy atom. The molecule has 0 saturated carbocycles. The first-order valence-electron chi connectivity index (χ1n) is 19.7. The molecule has 2 fully saturated rings. The number of piperazine rings is 1. The Bertz CT molecular complexity index is 2180. The van der Waals surface area contributed by atoms with E-state index in [2.05, 4.69) is 54.1 Å². The molecule has 0 radical (unpaired) electrons. The highest BCUT2D eigenvalue weighted by molar-refractivity contribution is 6.36. The van der Waals surface area contributed by atoms with Gasteiger partial charge in [-0.15, -0.1) is 13.2 Å². The largest absolute Gasteiger partial charge is 0.573 e. The first-order chi connectivity index (χ1) is 27.9. The first-order valence-corrected chi connectivity index (χ1v) is 20.8. The Morgan fingerprint density at radius 2 is 1.55 bits per heavy atom. The van der Waals surface area contributed by atoms with Gasteiger partial charge in [0.25, 0.3) is 0 Å². The fraction of sp³-hybridized carbons (Fsp3) is 0.386. The lowest BCUT2D eigenvalue weighted by molar-refractivity contribution is -0.274. The number of Topliss-reactive ketones (excluding diaryl/α,β-unsaturated/α-hetero) is 1. The normalized spacial score (nSPS) is 16.5. The van der Waals surface area contributed by atoms with E-state index >= 15 is 0 Å². The minimum Gasteiger partial charge on any atom is -0.508 e. The molecule has 0 unspecified atom stereocenters. The molecular weight excluding hydrogens is 810 g/mol. The number of rotatable bonds is 15. The summed E-state index contributed by atoms with van der Waals surface area (Å²) in [5.74, 6) is 0.0264. The summed E-state index contributed by atoms with van der Waals surface area (Å²) in [4.78, 5) is 18.6. The number of hydrogen-bond donors (Lipinski definition) is 3. The molecule has 0 amide bonds. The molecule has 3 N–H and O–H groups in total. The smallest absolute Gasteiger partial charge is 0.508 e. The van der Waals surface area contributed by atoms with Crippen LogP contribution >= 0.6 is 34.8 Å². The number of nitrogens with zero attached hydrogens (tertiary/aromatic N) is 3. The number of unbranched alkanes of at least 4 members (excludes halogenated alkanes) is 1. The Balaban J connectivity index is 1.03. The van der Waals surface area contributed by atoms with Crippen LogP contribution in [0.2, 0.25) is 15.1 Å². The lowest BCUT2D eigenvalue weighted by Gasteiger charge is -2.37. The van der Waals surface area contributed by atoms with Gasteiger partial charge in [-0.05, 0) is 104 Å². The van der Waals surface area contributed by atoms with Gasteiger partial charge in [0.05, 0.1) is 5.54 Å². The van der Waals surface area contributed by atoms with Crippen LogP contribution in [0.3, 0.4) is 0 Å². The minimum atomic E-state index is -4.77. The van der Waals surface area contributed by atoms with Crippen molar-refractivity contribution >= 4 is 51.5 Å². The number of aromatic hydroxyl groups is 1. The fourth-order valence-corrected chi connectivity index (χ4v) is 8.85. The number of carbonyl (C=O) groups excluding carboxylic acids is 1. The van der Waals surface area contributed by atoms with E-state index in [1.54, 1.807) is 30.3 Å². The van der Waals surface area contributed by atoms with Crippen molar-refractivity contribution in [2.24, 2.45) is 0 Å². The summed E-state index contributed by atoms with van der Waals surface area (Å²) in [6, 6.07) is 23.0. The molecule has 2 saturated heterocycles. The van der Waals surface area contributed by atoms with Gasteiger partial charge in [0.2, 0.25) is 0 Å². The van der Waals surface area contributed by atoms with Crippen molar-refractivity contribution in [1.29, 1.82) is 0 Å². The van der Waals surface area contributed by atoms with Crippen molar-refractivity contribution in [2.75, 3.05) is 39.3 Å². The number of fused-ring (bicyclic) bond motifs is 1. The SMILES string of the molecule is O=C(CCCCn1cc(-c2ccc(OC(F)(F)F)cc2)c2cc(CN3CCN(Cc4c(Cl)cccc4Cl)CC3)ccc21)C1(NCc2cc(Cl)ccc2O)CCNCC1. The summed E-state index contributed by atoms with van der Waals surface area (Å²) in [5.41, 5.74) is 4.75. The average Bonchev–Trinajstić information content (AvgIpc) is 3.56. The number of ketones is 1. The summed E-state index contributed by atoms with van der Waals surface area (Å²) in [7, 11) is 0. The van der Waals surface area contributed by atoms with Crippen LogP contribution in [0, 0.1) is 0 Å². The molecule has 8 nitrogen and oxygen atoms in total. The molecule has 5 aromatic rings. The van der Waals surface area contributed by atoms with Gasteiger partial charge < -0.3 is 25.0 Å². The fourth-order valence-electron chi connectivity index (χ4n) is 8.14. The van der Waals surface area contributed by atoms with Crippen LogP contribution in [0.25, 0.3) is 22.0 Å². The molecule has 308 valence electrons. The number of aryl methyl sites for hydroxylation is 1. The van der Waals surface area contributed by atoms with E-state index in [9.17, 15) is 23.1 Å². The van der Waals surface area contributed by atoms with E-state index in [4.69, 9.17) is 34.8 Å². The summed E-state index contributed by atoms with van der Waals surface area (Å²) in [6.07, 6.45) is 0.434. The van der Waals surface area contributed by atoms with Gasteiger partial charge in [0.15, 0.2) is 5.78 Å². The number of piperidine rings is 1. The second-order valence-electron chi connectivity index (χ2n) is 15.3. The Morgan fingerprint density at radius 3 is 2.24 bits per heavy atom. The van der Waals surface area contributed by atoms with Crippen LogP contribution < -0.4 is 15.4 Å². The summed E-state index contributed by atoms with van der Waals surface area (Å²) in [5, 5.41) is 20.1. The first kappa shape index (κ1) is 42.3. The molecular formula is C44H47Cl3F3N5O3. The van der Waals surface area contributed by atoms with Gasteiger partial charge in [-0.25, -0.2) is 0 Å². The second kappa shape index (κ2) is 18.6. The molecule has 58 heavy (non-hydrogen) atoms. The highest BCUT2D eigenvalue weighted by Crippen LogP contribution is 2.35. The zero-order valence-electron chi connectivity index (χ0n) is 32.1. The van der Waals surface area contributed by atoms with Gasteiger partial charge >= 0.3 is 6.36 Å². The lowest BCUT2D eigenvalue weighted by Crippen LogP contribution is -2.57. The molecule has 0 aliphatic carbocycles. The number of nitrogens with one attached hydrogen (secondary N) is 2. The number of halogens is 6. The van der Waals surface area contributed by atoms with Gasteiger partial charge in [-0.1, -0.05) is 59.1 Å². The predicted molar refractivity (Wildman–Crippen MR) is 225 cm³/mol. The maximum Gasteiger partial charge on any atom is 0.573 e. The number of aromatic nitrogens is 1. The monoisotopic (exact) mass is 855 g/mol. The number of phenols is 1. The van der Waals surface area contributed by atoms with E-state index in [-0.39, 0.29) is 17.3 Å². The standard InChI is InChI=1S/C44H47Cl3F3N5O3/c45-33-10-14-41(56)32(25-33)26-52-43(15-17-51-18-16-43)42(57)6-1-2-19-55-29-36(31-8-11-34(12-9-31)58-44(48,49)50)35-24-30(7-13-40(35)55)27-53-20-22-54(23-21-53)28-37-38(46)4-3-5-39(37)47/h3-5,7-14,24-25,29,51-52,56H,1-2,6,15-23,26-28H2. The second-order valence-corrected chi connectivity index (χ2v) is 16.5. The molecule has 7 rings (SSSR count). The summed E-state index contributed by atoms with van der Waals surface area (Å²) < 4.78 is 45.2. The number of carbonyl (C=O) groups is 1. The molecule has 0 atom stereocenters. The number of hydrogen-bond acceptors (Lipinski definition) is 7. The Hall–Kier alpha value is -3.81. The van der Waals surface area contributed by atoms with E-state index in [1.807, 2.05) is 18.2 Å². The zero-order chi connectivity index (χ0) is 40.9.